The van der Waals surface area contributed by atoms with Gasteiger partial charge in [-0.15, -0.1) is 0 Å². The van der Waals surface area contributed by atoms with E-state index in [1.54, 1.807) is 14.2 Å². The van der Waals surface area contributed by atoms with Crippen LogP contribution in [0.15, 0.2) is 184 Å². The van der Waals surface area contributed by atoms with Crippen LogP contribution in [0.4, 0.5) is 0 Å². The number of methoxy groups -OCH3 is 2. The molecule has 62 heavy (non-hydrogen) atoms. The molecule has 0 atom stereocenters. The molecule has 0 fully saturated rings. The Balaban J connectivity index is 0.000000186. The van der Waals surface area contributed by atoms with Crippen molar-refractivity contribution in [3.63, 3.8) is 0 Å². The summed E-state index contributed by atoms with van der Waals surface area (Å²) in [6.07, 6.45) is 7.59. The number of benzene rings is 6. The molecule has 6 aromatic carbocycles. The molecule has 0 aliphatic heterocycles. The first-order chi connectivity index (χ1) is 30.1. The third-order valence-corrected chi connectivity index (χ3v) is 11.2. The Kier molecular flexibility index (Phi) is 13.8. The molecule has 0 amide bonds. The van der Waals surface area contributed by atoms with E-state index in [2.05, 4.69) is 145 Å². The normalized spacial score (nSPS) is 11.0. The van der Waals surface area contributed by atoms with E-state index >= 15 is 0 Å². The molecule has 2 aromatic heterocycles. The second-order valence-electron chi connectivity index (χ2n) is 16.0. The van der Waals surface area contributed by atoms with Crippen molar-refractivity contribution in [1.29, 1.82) is 0 Å². The van der Waals surface area contributed by atoms with Gasteiger partial charge in [0.1, 0.15) is 11.5 Å². The SMILES string of the molecule is C=C(c1cncn1Cc1ccccc1)C(c1cc(C)cc(C)c1)c1cc(C)cc(C)c1.C=C(c1cncn1Cc1ccccc1)C(c1ccccc1OC)c1ccccc1OC. The van der Waals surface area contributed by atoms with E-state index in [0.717, 1.165) is 58.2 Å². The van der Waals surface area contributed by atoms with E-state index in [0.29, 0.717) is 0 Å². The van der Waals surface area contributed by atoms with Crippen molar-refractivity contribution in [2.45, 2.75) is 52.6 Å². The van der Waals surface area contributed by atoms with Crippen molar-refractivity contribution >= 4 is 11.1 Å². The molecule has 2 heterocycles. The van der Waals surface area contributed by atoms with Crippen molar-refractivity contribution < 1.29 is 9.47 Å². The molecule has 0 aliphatic rings. The Morgan fingerprint density at radius 2 is 0.839 bits per heavy atom. The Morgan fingerprint density at radius 1 is 0.484 bits per heavy atom. The number of allylic oxidation sites excluding steroid dienone is 2. The van der Waals surface area contributed by atoms with Gasteiger partial charge in [-0.3, -0.25) is 0 Å². The lowest BCUT2D eigenvalue weighted by Crippen LogP contribution is -2.11. The highest BCUT2D eigenvalue weighted by Gasteiger charge is 2.27. The summed E-state index contributed by atoms with van der Waals surface area (Å²) in [4.78, 5) is 8.92. The zero-order chi connectivity index (χ0) is 43.6. The van der Waals surface area contributed by atoms with Gasteiger partial charge in [-0.05, 0) is 73.2 Å². The average Bonchev–Trinajstić information content (AvgIpc) is 3.94. The minimum Gasteiger partial charge on any atom is -0.496 e. The summed E-state index contributed by atoms with van der Waals surface area (Å²) in [6, 6.07) is 50.6. The third-order valence-electron chi connectivity index (χ3n) is 11.2. The number of hydrogen-bond donors (Lipinski definition) is 0. The van der Waals surface area contributed by atoms with Crippen molar-refractivity contribution in [1.82, 2.24) is 19.1 Å². The first-order valence-electron chi connectivity index (χ1n) is 21.0. The fourth-order valence-corrected chi connectivity index (χ4v) is 8.58. The van der Waals surface area contributed by atoms with E-state index in [9.17, 15) is 0 Å². The largest absolute Gasteiger partial charge is 0.496 e. The maximum atomic E-state index is 5.71. The molecule has 0 aliphatic carbocycles. The summed E-state index contributed by atoms with van der Waals surface area (Å²) in [5.74, 6) is 1.55. The van der Waals surface area contributed by atoms with E-state index in [1.807, 2.05) is 85.7 Å². The van der Waals surface area contributed by atoms with Gasteiger partial charge in [-0.25, -0.2) is 9.97 Å². The molecule has 0 radical (unpaired) electrons. The van der Waals surface area contributed by atoms with Gasteiger partial charge >= 0.3 is 0 Å². The van der Waals surface area contributed by atoms with Gasteiger partial charge in [-0.2, -0.15) is 0 Å². The topological polar surface area (TPSA) is 54.1 Å². The molecule has 312 valence electrons. The summed E-state index contributed by atoms with van der Waals surface area (Å²) in [6.45, 7) is 19.3. The van der Waals surface area contributed by atoms with Gasteiger partial charge in [0.25, 0.3) is 0 Å². The van der Waals surface area contributed by atoms with Gasteiger partial charge in [0.05, 0.1) is 50.7 Å². The molecular formula is C56H56N4O2. The third kappa shape index (κ3) is 10.0. The van der Waals surface area contributed by atoms with Crippen LogP contribution < -0.4 is 9.47 Å². The van der Waals surface area contributed by atoms with Crippen LogP contribution in [0.1, 0.15) is 78.9 Å². The van der Waals surface area contributed by atoms with Gasteiger partial charge in [0, 0.05) is 36.1 Å². The van der Waals surface area contributed by atoms with E-state index in [-0.39, 0.29) is 11.8 Å². The number of para-hydroxylation sites is 2. The van der Waals surface area contributed by atoms with Gasteiger partial charge in [-0.1, -0.05) is 169 Å². The summed E-state index contributed by atoms with van der Waals surface area (Å²) >= 11 is 0. The molecule has 0 saturated carbocycles. The molecule has 0 unspecified atom stereocenters. The molecule has 0 spiro atoms. The van der Waals surface area contributed by atoms with Crippen LogP contribution >= 0.6 is 0 Å². The molecule has 0 bridgehead atoms. The first kappa shape index (κ1) is 42.9. The van der Waals surface area contributed by atoms with Crippen LogP contribution in [0.25, 0.3) is 11.1 Å². The van der Waals surface area contributed by atoms with Gasteiger partial charge in [0.2, 0.25) is 0 Å². The van der Waals surface area contributed by atoms with Crippen LogP contribution in [0.5, 0.6) is 11.5 Å². The predicted molar refractivity (Wildman–Crippen MR) is 255 cm³/mol. The molecule has 0 saturated heterocycles. The van der Waals surface area contributed by atoms with Crippen molar-refractivity contribution in [3.8, 4) is 11.5 Å². The molecule has 8 rings (SSSR count). The summed E-state index contributed by atoms with van der Waals surface area (Å²) in [5, 5.41) is 0. The number of imidazole rings is 2. The Morgan fingerprint density at radius 3 is 1.23 bits per heavy atom. The van der Waals surface area contributed by atoms with Gasteiger partial charge < -0.3 is 18.6 Å². The Hall–Kier alpha value is -7.18. The Bertz CT molecular complexity index is 2620. The van der Waals surface area contributed by atoms with Crippen LogP contribution in [-0.2, 0) is 13.1 Å². The van der Waals surface area contributed by atoms with E-state index < -0.39 is 0 Å². The standard InChI is InChI=1S/C29H30N2.C27H26N2O2/c1-20-11-21(2)14-26(13-20)29(27-15-22(3)12-23(4)16-27)24(5)28-17-30-19-31(28)18-25-9-7-6-8-10-25;1-20(24-17-28-19-29(24)18-21-11-5-4-6-12-21)27(22-13-7-9-15-25(22)30-2)23-14-8-10-16-26(23)31-3/h6-17,19,29H,5,18H2,1-4H3;4-17,19,27H,1,18H2,2-3H3. The summed E-state index contributed by atoms with van der Waals surface area (Å²) in [5.41, 5.74) is 16.2. The fraction of sp³-hybridized carbons (Fsp3) is 0.179. The fourth-order valence-electron chi connectivity index (χ4n) is 8.58. The number of ether oxygens (including phenoxy) is 2. The first-order valence-corrected chi connectivity index (χ1v) is 21.0. The molecule has 6 nitrogen and oxygen atoms in total. The number of rotatable bonds is 14. The van der Waals surface area contributed by atoms with E-state index in [1.165, 1.54) is 44.5 Å². The monoisotopic (exact) mass is 816 g/mol. The number of hydrogen-bond acceptors (Lipinski definition) is 4. The lowest BCUT2D eigenvalue weighted by atomic mass is 9.82. The zero-order valence-corrected chi connectivity index (χ0v) is 36.8. The highest BCUT2D eigenvalue weighted by atomic mass is 16.5. The lowest BCUT2D eigenvalue weighted by Gasteiger charge is -2.25. The number of aromatic nitrogens is 4. The zero-order valence-electron chi connectivity index (χ0n) is 36.8. The van der Waals surface area contributed by atoms with Crippen LogP contribution in [0, 0.1) is 27.7 Å². The number of aryl methyl sites for hydroxylation is 4. The smallest absolute Gasteiger partial charge is 0.123 e. The summed E-state index contributed by atoms with van der Waals surface area (Å²) < 4.78 is 15.8. The van der Waals surface area contributed by atoms with Crippen LogP contribution in [0.3, 0.4) is 0 Å². The van der Waals surface area contributed by atoms with Crippen molar-refractivity contribution in [2.75, 3.05) is 14.2 Å². The maximum absolute atomic E-state index is 5.71. The van der Waals surface area contributed by atoms with Crippen molar-refractivity contribution in [3.05, 3.63) is 251 Å². The molecule has 6 heteroatoms. The predicted octanol–water partition coefficient (Wildman–Crippen LogP) is 12.8. The second-order valence-corrected chi connectivity index (χ2v) is 16.0. The van der Waals surface area contributed by atoms with Crippen molar-refractivity contribution in [2.24, 2.45) is 0 Å². The van der Waals surface area contributed by atoms with E-state index in [4.69, 9.17) is 9.47 Å². The lowest BCUT2D eigenvalue weighted by molar-refractivity contribution is 0.403. The highest BCUT2D eigenvalue weighted by molar-refractivity contribution is 5.74. The molecule has 0 N–H and O–H groups in total. The van der Waals surface area contributed by atoms with Crippen LogP contribution in [-0.4, -0.2) is 33.3 Å². The van der Waals surface area contributed by atoms with Gasteiger partial charge in [0.15, 0.2) is 0 Å². The average molecular weight is 817 g/mol. The Labute approximate surface area is 367 Å². The maximum Gasteiger partial charge on any atom is 0.123 e. The quantitative estimate of drug-likeness (QED) is 0.110. The molecular weight excluding hydrogens is 761 g/mol. The highest BCUT2D eigenvalue weighted by Crippen LogP contribution is 2.44. The summed E-state index contributed by atoms with van der Waals surface area (Å²) in [7, 11) is 3.39. The number of nitrogens with zero attached hydrogens (tertiary/aromatic N) is 4. The molecule has 8 aromatic rings. The van der Waals surface area contributed by atoms with Crippen LogP contribution in [0.2, 0.25) is 0 Å². The minimum absolute atomic E-state index is 0.0726. The second kappa shape index (κ2) is 19.9. The minimum atomic E-state index is -0.154.